The van der Waals surface area contributed by atoms with E-state index in [2.05, 4.69) is 24.4 Å². The summed E-state index contributed by atoms with van der Waals surface area (Å²) in [4.78, 5) is 0. The molecule has 21 heavy (non-hydrogen) atoms. The maximum Gasteiger partial charge on any atom is 0.120 e. The molecule has 0 saturated carbocycles. The Morgan fingerprint density at radius 2 is 1.86 bits per heavy atom. The molecule has 2 aromatic rings. The second-order valence-electron chi connectivity index (χ2n) is 5.24. The first-order valence-corrected chi connectivity index (χ1v) is 7.34. The molecule has 0 spiro atoms. The number of aryl methyl sites for hydroxylation is 1. The second kappa shape index (κ2) is 7.14. The lowest BCUT2D eigenvalue weighted by molar-refractivity contribution is 0.340. The highest BCUT2D eigenvalue weighted by Gasteiger charge is 2.07. The molecule has 0 aliphatic rings. The van der Waals surface area contributed by atoms with Gasteiger partial charge in [0.25, 0.3) is 0 Å². The third-order valence-corrected chi connectivity index (χ3v) is 3.52. The van der Waals surface area contributed by atoms with Crippen LogP contribution >= 0.6 is 0 Å². The fourth-order valence-electron chi connectivity index (χ4n) is 2.26. The number of aromatic hydroxyl groups is 1. The van der Waals surface area contributed by atoms with E-state index in [1.54, 1.807) is 6.07 Å². The van der Waals surface area contributed by atoms with Gasteiger partial charge in [0.05, 0.1) is 6.61 Å². The lowest BCUT2D eigenvalue weighted by Gasteiger charge is -2.16. The van der Waals surface area contributed by atoms with Crippen molar-refractivity contribution in [3.63, 3.8) is 0 Å². The summed E-state index contributed by atoms with van der Waals surface area (Å²) < 4.78 is 5.45. The summed E-state index contributed by atoms with van der Waals surface area (Å²) in [6.45, 7) is 7.44. The van der Waals surface area contributed by atoms with Gasteiger partial charge in [0.15, 0.2) is 0 Å². The van der Waals surface area contributed by atoms with Crippen LogP contribution in [0.3, 0.4) is 0 Å². The molecule has 2 aromatic carbocycles. The SMILES string of the molecule is CCOc1ccc(C(C)NCc2cc(C)ccc2O)cc1. The lowest BCUT2D eigenvalue weighted by atomic mass is 10.1. The highest BCUT2D eigenvalue weighted by Crippen LogP contribution is 2.21. The quantitative estimate of drug-likeness (QED) is 0.844. The molecule has 1 unspecified atom stereocenters. The molecule has 0 bridgehead atoms. The first-order valence-electron chi connectivity index (χ1n) is 7.34. The van der Waals surface area contributed by atoms with Gasteiger partial charge in [0.2, 0.25) is 0 Å². The van der Waals surface area contributed by atoms with E-state index < -0.39 is 0 Å². The van der Waals surface area contributed by atoms with Crippen molar-refractivity contribution in [1.82, 2.24) is 5.32 Å². The maximum absolute atomic E-state index is 9.86. The Morgan fingerprint density at radius 3 is 2.52 bits per heavy atom. The summed E-state index contributed by atoms with van der Waals surface area (Å²) in [6.07, 6.45) is 0. The molecule has 3 nitrogen and oxygen atoms in total. The Labute approximate surface area is 126 Å². The molecule has 0 amide bonds. The van der Waals surface area contributed by atoms with E-state index in [0.717, 1.165) is 16.9 Å². The molecular weight excluding hydrogens is 262 g/mol. The number of benzene rings is 2. The number of ether oxygens (including phenoxy) is 1. The fourth-order valence-corrected chi connectivity index (χ4v) is 2.26. The van der Waals surface area contributed by atoms with Gasteiger partial charge in [-0.3, -0.25) is 0 Å². The second-order valence-corrected chi connectivity index (χ2v) is 5.24. The van der Waals surface area contributed by atoms with Crippen LogP contribution in [0.25, 0.3) is 0 Å². The van der Waals surface area contributed by atoms with Gasteiger partial charge in [0.1, 0.15) is 11.5 Å². The average molecular weight is 285 g/mol. The lowest BCUT2D eigenvalue weighted by Crippen LogP contribution is -2.18. The van der Waals surface area contributed by atoms with Gasteiger partial charge < -0.3 is 15.2 Å². The van der Waals surface area contributed by atoms with Crippen molar-refractivity contribution in [1.29, 1.82) is 0 Å². The van der Waals surface area contributed by atoms with Crippen LogP contribution in [0.15, 0.2) is 42.5 Å². The maximum atomic E-state index is 9.86. The number of hydrogen-bond donors (Lipinski definition) is 2. The Bertz CT molecular complexity index is 578. The molecule has 0 aromatic heterocycles. The molecular formula is C18H23NO2. The van der Waals surface area contributed by atoms with Gasteiger partial charge in [-0.1, -0.05) is 29.8 Å². The Kier molecular flexibility index (Phi) is 5.23. The van der Waals surface area contributed by atoms with Crippen LogP contribution in [0.1, 0.15) is 36.6 Å². The molecule has 0 radical (unpaired) electrons. The van der Waals surface area contributed by atoms with Crippen LogP contribution in [-0.2, 0) is 6.54 Å². The van der Waals surface area contributed by atoms with Crippen LogP contribution in [0.5, 0.6) is 11.5 Å². The van der Waals surface area contributed by atoms with E-state index in [1.807, 2.05) is 38.1 Å². The van der Waals surface area contributed by atoms with Crippen LogP contribution in [0.4, 0.5) is 0 Å². The van der Waals surface area contributed by atoms with Crippen molar-refractivity contribution in [2.45, 2.75) is 33.4 Å². The monoisotopic (exact) mass is 285 g/mol. The van der Waals surface area contributed by atoms with E-state index in [0.29, 0.717) is 18.9 Å². The van der Waals surface area contributed by atoms with Crippen molar-refractivity contribution in [2.24, 2.45) is 0 Å². The van der Waals surface area contributed by atoms with Gasteiger partial charge in [-0.2, -0.15) is 0 Å². The third-order valence-electron chi connectivity index (χ3n) is 3.52. The average Bonchev–Trinajstić information content (AvgIpc) is 2.49. The van der Waals surface area contributed by atoms with E-state index in [-0.39, 0.29) is 6.04 Å². The van der Waals surface area contributed by atoms with Crippen LogP contribution in [0, 0.1) is 6.92 Å². The van der Waals surface area contributed by atoms with Gasteiger partial charge in [-0.05, 0) is 44.5 Å². The van der Waals surface area contributed by atoms with Crippen LogP contribution < -0.4 is 10.1 Å². The molecule has 0 saturated heterocycles. The summed E-state index contributed by atoms with van der Waals surface area (Å²) in [5.74, 6) is 1.23. The standard InChI is InChI=1S/C18H23NO2/c1-4-21-17-8-6-15(7-9-17)14(3)19-12-16-11-13(2)5-10-18(16)20/h5-11,14,19-20H,4,12H2,1-3H3. The predicted octanol–water partition coefficient (Wildman–Crippen LogP) is 3.95. The van der Waals surface area contributed by atoms with Crippen molar-refractivity contribution in [3.05, 3.63) is 59.2 Å². The zero-order valence-corrected chi connectivity index (χ0v) is 12.9. The van der Waals surface area contributed by atoms with E-state index >= 15 is 0 Å². The minimum atomic E-state index is 0.209. The van der Waals surface area contributed by atoms with Crippen LogP contribution in [0.2, 0.25) is 0 Å². The van der Waals surface area contributed by atoms with Gasteiger partial charge in [-0.15, -0.1) is 0 Å². The smallest absolute Gasteiger partial charge is 0.120 e. The summed E-state index contributed by atoms with van der Waals surface area (Å²) in [6, 6.07) is 14.0. The Morgan fingerprint density at radius 1 is 1.14 bits per heavy atom. The molecule has 0 fully saturated rings. The minimum absolute atomic E-state index is 0.209. The molecule has 2 rings (SSSR count). The van der Waals surface area contributed by atoms with E-state index in [9.17, 15) is 5.11 Å². The first-order chi connectivity index (χ1) is 10.1. The number of nitrogens with one attached hydrogen (secondary N) is 1. The Hall–Kier alpha value is -2.00. The van der Waals surface area contributed by atoms with Gasteiger partial charge in [0, 0.05) is 18.2 Å². The summed E-state index contributed by atoms with van der Waals surface area (Å²) in [5, 5.41) is 13.3. The number of rotatable bonds is 6. The molecule has 112 valence electrons. The largest absolute Gasteiger partial charge is 0.508 e. The van der Waals surface area contributed by atoms with Crippen LogP contribution in [-0.4, -0.2) is 11.7 Å². The van der Waals surface area contributed by atoms with Crippen molar-refractivity contribution < 1.29 is 9.84 Å². The summed E-state index contributed by atoms with van der Waals surface area (Å²) in [5.41, 5.74) is 3.27. The normalized spacial score (nSPS) is 12.1. The Balaban J connectivity index is 1.97. The molecule has 0 aliphatic heterocycles. The highest BCUT2D eigenvalue weighted by molar-refractivity contribution is 5.36. The fraction of sp³-hybridized carbons (Fsp3) is 0.333. The topological polar surface area (TPSA) is 41.5 Å². The number of phenols is 1. The molecule has 3 heteroatoms. The number of hydrogen-bond acceptors (Lipinski definition) is 3. The highest BCUT2D eigenvalue weighted by atomic mass is 16.5. The zero-order chi connectivity index (χ0) is 15.2. The van der Waals surface area contributed by atoms with Gasteiger partial charge >= 0.3 is 0 Å². The van der Waals surface area contributed by atoms with Gasteiger partial charge in [-0.25, -0.2) is 0 Å². The molecule has 0 aliphatic carbocycles. The summed E-state index contributed by atoms with van der Waals surface area (Å²) in [7, 11) is 0. The van der Waals surface area contributed by atoms with Crippen molar-refractivity contribution in [2.75, 3.05) is 6.61 Å². The zero-order valence-electron chi connectivity index (χ0n) is 12.9. The first kappa shape index (κ1) is 15.4. The number of phenolic OH excluding ortho intramolecular Hbond substituents is 1. The van der Waals surface area contributed by atoms with Crippen molar-refractivity contribution in [3.8, 4) is 11.5 Å². The minimum Gasteiger partial charge on any atom is -0.508 e. The molecule has 0 heterocycles. The molecule has 2 N–H and O–H groups in total. The third kappa shape index (κ3) is 4.23. The van der Waals surface area contributed by atoms with Crippen molar-refractivity contribution >= 4 is 0 Å². The molecule has 1 atom stereocenters. The van der Waals surface area contributed by atoms with E-state index in [4.69, 9.17) is 4.74 Å². The van der Waals surface area contributed by atoms with E-state index in [1.165, 1.54) is 5.56 Å². The predicted molar refractivity (Wildman–Crippen MR) is 85.7 cm³/mol. The summed E-state index contributed by atoms with van der Waals surface area (Å²) >= 11 is 0.